The highest BCUT2D eigenvalue weighted by atomic mass is 32.2. The maximum Gasteiger partial charge on any atom is 0.481 e. The Morgan fingerprint density at radius 2 is 1.70 bits per heavy atom. The summed E-state index contributed by atoms with van der Waals surface area (Å²) in [6.45, 7) is 2.00. The van der Waals surface area contributed by atoms with E-state index in [1.807, 2.05) is 0 Å². The molecule has 0 radical (unpaired) electrons. The van der Waals surface area contributed by atoms with Gasteiger partial charge in [-0.1, -0.05) is 25.6 Å². The summed E-state index contributed by atoms with van der Waals surface area (Å²) < 4.78 is 73.2. The first-order chi connectivity index (χ1) is 30.7. The molecule has 29 nitrogen and oxygen atoms in total. The minimum Gasteiger partial charge on any atom is -0.393 e. The van der Waals surface area contributed by atoms with Crippen LogP contribution in [0.15, 0.2) is 12.7 Å². The van der Waals surface area contributed by atoms with Crippen molar-refractivity contribution in [2.45, 2.75) is 114 Å². The lowest BCUT2D eigenvalue weighted by molar-refractivity contribution is -0.261. The molecule has 2 aliphatic heterocycles. The van der Waals surface area contributed by atoms with Crippen LogP contribution in [-0.2, 0) is 60.2 Å². The number of carbonyl (C=O) groups excluding carboxylic acids is 3. The van der Waals surface area contributed by atoms with E-state index in [0.29, 0.717) is 6.42 Å². The molecule has 2 saturated heterocycles. The number of carbonyl (C=O) groups is 3. The van der Waals surface area contributed by atoms with Gasteiger partial charge in [-0.15, -0.1) is 0 Å². The number of nitrogen functional groups attached to an aromatic ring is 1. The van der Waals surface area contributed by atoms with Gasteiger partial charge in [0, 0.05) is 50.1 Å². The van der Waals surface area contributed by atoms with Crippen molar-refractivity contribution in [1.82, 2.24) is 30.2 Å². The number of phosphoric ester groups is 3. The Morgan fingerprint density at radius 1 is 1.00 bits per heavy atom. The molecule has 0 saturated carbocycles. The fourth-order valence-corrected chi connectivity index (χ4v) is 9.83. The molecule has 33 heteroatoms. The van der Waals surface area contributed by atoms with Gasteiger partial charge in [0.25, 0.3) is 0 Å². The van der Waals surface area contributed by atoms with Gasteiger partial charge in [-0.05, 0) is 19.8 Å². The molecule has 0 aliphatic carbocycles. The van der Waals surface area contributed by atoms with Gasteiger partial charge in [-0.2, -0.15) is 4.31 Å². The summed E-state index contributed by atoms with van der Waals surface area (Å²) in [5.74, 6) is -1.41. The first-order valence-electron chi connectivity index (χ1n) is 20.0. The minimum absolute atomic E-state index is 0.0168. The van der Waals surface area contributed by atoms with Crippen LogP contribution in [-0.4, -0.2) is 175 Å². The van der Waals surface area contributed by atoms with Gasteiger partial charge in [0.05, 0.1) is 37.9 Å². The Hall–Kier alpha value is -2.64. The molecule has 2 amide bonds. The number of thioether (sulfide) groups is 1. The van der Waals surface area contributed by atoms with Gasteiger partial charge in [0.15, 0.2) is 29.1 Å². The molecule has 13 N–H and O–H groups in total. The third-order valence-electron chi connectivity index (χ3n) is 9.82. The number of phosphoric acid groups is 3. The Morgan fingerprint density at radius 3 is 2.39 bits per heavy atom. The van der Waals surface area contributed by atoms with E-state index in [2.05, 4.69) is 34.4 Å². The van der Waals surface area contributed by atoms with Gasteiger partial charge in [0.1, 0.15) is 42.4 Å². The fraction of sp³-hybridized carbons (Fsp3) is 0.758. The molecule has 4 heterocycles. The number of rotatable bonds is 26. The zero-order valence-corrected chi connectivity index (χ0v) is 39.2. The fourth-order valence-electron chi connectivity index (χ4n) is 6.26. The van der Waals surface area contributed by atoms with E-state index in [-0.39, 0.29) is 73.2 Å². The van der Waals surface area contributed by atoms with Crippen molar-refractivity contribution in [3.8, 4) is 0 Å². The van der Waals surface area contributed by atoms with Gasteiger partial charge in [-0.25, -0.2) is 28.6 Å². The molecule has 66 heavy (non-hydrogen) atoms. The number of nitrogens with zero attached hydrogens (tertiary/aromatic N) is 4. The number of aliphatic hydroxyl groups is 5. The van der Waals surface area contributed by atoms with Gasteiger partial charge in [-0.3, -0.25) is 32.5 Å². The number of amides is 2. The van der Waals surface area contributed by atoms with Crippen molar-refractivity contribution in [1.29, 1.82) is 0 Å². The van der Waals surface area contributed by atoms with Crippen molar-refractivity contribution in [3.63, 3.8) is 0 Å². The molecule has 0 aromatic carbocycles. The Bertz CT molecular complexity index is 2100. The molecule has 4 rings (SSSR count). The summed E-state index contributed by atoms with van der Waals surface area (Å²) in [7, 11) is -16.5. The number of aromatic nitrogens is 4. The lowest BCUT2D eigenvalue weighted by Crippen LogP contribution is -2.47. The monoisotopic (exact) mass is 1030 g/mol. The first kappa shape index (κ1) is 56.0. The van der Waals surface area contributed by atoms with Crippen LogP contribution in [0, 0.1) is 5.41 Å². The van der Waals surface area contributed by atoms with Gasteiger partial charge in [0.2, 0.25) is 11.8 Å². The van der Waals surface area contributed by atoms with Crippen LogP contribution in [0.4, 0.5) is 5.82 Å². The molecule has 0 spiro atoms. The normalized spacial score (nSPS) is 26.6. The van der Waals surface area contributed by atoms with E-state index in [1.165, 1.54) is 13.8 Å². The highest BCUT2D eigenvalue weighted by Gasteiger charge is 2.50. The van der Waals surface area contributed by atoms with E-state index in [1.54, 1.807) is 6.92 Å². The van der Waals surface area contributed by atoms with E-state index in [4.69, 9.17) is 29.0 Å². The molecule has 2 aromatic heterocycles. The third-order valence-corrected chi connectivity index (χ3v) is 13.8. The molecule has 2 unspecified atom stereocenters. The zero-order valence-electron chi connectivity index (χ0n) is 35.7. The molecule has 2 fully saturated rings. The molecule has 0 bridgehead atoms. The van der Waals surface area contributed by atoms with Crippen molar-refractivity contribution < 1.29 is 105 Å². The summed E-state index contributed by atoms with van der Waals surface area (Å²) in [6.07, 6.45) is -10.7. The molecule has 2 aliphatic rings. The number of anilines is 1. The summed E-state index contributed by atoms with van der Waals surface area (Å²) in [5.41, 5.74) is 4.20. The van der Waals surface area contributed by atoms with Gasteiger partial charge >= 0.3 is 23.5 Å². The summed E-state index contributed by atoms with van der Waals surface area (Å²) in [5, 5.41) is 55.9. The third kappa shape index (κ3) is 17.1. The van der Waals surface area contributed by atoms with Crippen molar-refractivity contribution >= 4 is 69.1 Å². The number of hydrogen-bond acceptors (Lipinski definition) is 23. The summed E-state index contributed by atoms with van der Waals surface area (Å²) in [6, 6.07) is 0. The first-order valence-corrected chi connectivity index (χ1v) is 25.5. The van der Waals surface area contributed by atoms with Crippen LogP contribution in [0.2, 0.25) is 0 Å². The van der Waals surface area contributed by atoms with Gasteiger partial charge < -0.3 is 75.7 Å². The van der Waals surface area contributed by atoms with Crippen molar-refractivity contribution in [3.05, 3.63) is 12.7 Å². The van der Waals surface area contributed by atoms with E-state index < -0.39 is 115 Å². The quantitative estimate of drug-likeness (QED) is 0.0361. The van der Waals surface area contributed by atoms with E-state index in [9.17, 15) is 73.2 Å². The average molecular weight is 1030 g/mol. The maximum atomic E-state index is 12.7. The second-order valence-corrected chi connectivity index (χ2v) is 21.1. The van der Waals surface area contributed by atoms with Crippen LogP contribution in [0.3, 0.4) is 0 Å². The van der Waals surface area contributed by atoms with Crippen LogP contribution < -0.4 is 16.4 Å². The number of hydrogen-bond donors (Lipinski definition) is 12. The SMILES string of the molecule is C[C@@H]1O[C@@H](OCCC[C@@H](O)CC(=O)SCCNC(=O)CCNC(=O)[C@H](O)C(C)(C)COP(=O)(O)OP(=O)(O)OC[C@H]2O[C@@H](n3cnc4c(N)ncnc43)[C@H](O)[C@@H]2OP(=O)(O)O)[C@H](O)C[C@H]1O. The Balaban J connectivity index is 1.13. The number of fused-ring (bicyclic) bond motifs is 1. The average Bonchev–Trinajstić information content (AvgIpc) is 3.78. The number of nitrogens with two attached hydrogens (primary N) is 1. The zero-order chi connectivity index (χ0) is 49.2. The van der Waals surface area contributed by atoms with Crippen LogP contribution in [0.25, 0.3) is 11.2 Å². The molecular weight excluding hydrogens is 971 g/mol. The van der Waals surface area contributed by atoms with Crippen molar-refractivity contribution in [2.75, 3.05) is 44.4 Å². The predicted octanol–water partition coefficient (Wildman–Crippen LogP) is -1.93. The maximum absolute atomic E-state index is 12.7. The van der Waals surface area contributed by atoms with Crippen LogP contribution in [0.1, 0.15) is 59.1 Å². The minimum atomic E-state index is -5.60. The lowest BCUT2D eigenvalue weighted by Gasteiger charge is -2.35. The van der Waals surface area contributed by atoms with Crippen LogP contribution in [0.5, 0.6) is 0 Å². The van der Waals surface area contributed by atoms with Crippen molar-refractivity contribution in [2.24, 2.45) is 5.41 Å². The number of aliphatic hydroxyl groups excluding tert-OH is 5. The second-order valence-electron chi connectivity index (χ2n) is 15.7. The number of ether oxygens (including phenoxy) is 3. The second kappa shape index (κ2) is 24.3. The molecule has 2 aromatic rings. The topological polar surface area (TPSA) is 443 Å². The van der Waals surface area contributed by atoms with E-state index >= 15 is 0 Å². The number of nitrogens with one attached hydrogen (secondary N) is 2. The number of imidazole rings is 1. The molecule has 12 atom stereocenters. The smallest absolute Gasteiger partial charge is 0.393 e. The highest BCUT2D eigenvalue weighted by molar-refractivity contribution is 8.13. The predicted molar refractivity (Wildman–Crippen MR) is 224 cm³/mol. The Kier molecular flexibility index (Phi) is 20.6. The highest BCUT2D eigenvalue weighted by Crippen LogP contribution is 2.61. The van der Waals surface area contributed by atoms with E-state index in [0.717, 1.165) is 29.0 Å². The molecule has 376 valence electrons. The molecular formula is C33H56N7O22P3S. The summed E-state index contributed by atoms with van der Waals surface area (Å²) >= 11 is 0.893. The largest absolute Gasteiger partial charge is 0.481 e. The Labute approximate surface area is 380 Å². The lowest BCUT2D eigenvalue weighted by atomic mass is 9.87. The standard InChI is InChI=1S/C33H56N7O22P3S/c1-17-19(42)12-20(43)32(59-17)56-9-4-5-18(41)11-23(45)66-10-8-35-22(44)6-7-36-30(48)27(47)33(2,3)14-58-65(54,55)62-64(52,53)57-13-21-26(61-63(49,50)51)25(46)31(60-21)40-16-39-24-28(34)37-15-38-29(24)40/h15-21,25-27,31-32,41-43,46-47H,4-14H2,1-3H3,(H,35,44)(H,36,48)(H,52,53)(H,54,55)(H2,34,37,38)(H2,49,50,51)/t17-,18+,19+,20+,21+,25+,26+,27-,31+,32+/m0/s1. The van der Waals surface area contributed by atoms with Crippen LogP contribution >= 0.6 is 35.2 Å². The summed E-state index contributed by atoms with van der Waals surface area (Å²) in [4.78, 5) is 88.2.